The van der Waals surface area contributed by atoms with Crippen LogP contribution in [0.2, 0.25) is 0 Å². The SMILES string of the molecule is Cc1cc(Nc2ncnc3cnc(N4CCN(C(=O)OC(C)(C)C)C[C@@H]4C)nc23)ccc1Cc1ccn2ncnc2c1. The number of hydrogen-bond donors (Lipinski definition) is 1. The van der Waals surface area contributed by atoms with Crippen molar-refractivity contribution in [3.63, 3.8) is 0 Å². The van der Waals surface area contributed by atoms with Crippen molar-refractivity contribution in [3.8, 4) is 0 Å². The predicted octanol–water partition coefficient (Wildman–Crippen LogP) is 4.55. The van der Waals surface area contributed by atoms with Crippen molar-refractivity contribution >= 4 is 40.2 Å². The van der Waals surface area contributed by atoms with E-state index in [2.05, 4.69) is 73.4 Å². The molecule has 5 aromatic rings. The first-order chi connectivity index (χ1) is 20.1. The third-order valence-electron chi connectivity index (χ3n) is 7.25. The van der Waals surface area contributed by atoms with Gasteiger partial charge in [0.05, 0.1) is 6.20 Å². The first kappa shape index (κ1) is 27.3. The summed E-state index contributed by atoms with van der Waals surface area (Å²) in [6.07, 6.45) is 7.22. The zero-order valence-corrected chi connectivity index (χ0v) is 24.4. The van der Waals surface area contributed by atoms with E-state index in [0.717, 1.165) is 23.3 Å². The fourth-order valence-corrected chi connectivity index (χ4v) is 5.12. The number of piperazine rings is 1. The molecule has 0 aliphatic carbocycles. The molecule has 1 N–H and O–H groups in total. The summed E-state index contributed by atoms with van der Waals surface area (Å²) in [5, 5.41) is 7.60. The highest BCUT2D eigenvalue weighted by Gasteiger charge is 2.31. The molecule has 1 fully saturated rings. The van der Waals surface area contributed by atoms with Crippen LogP contribution in [0.4, 0.5) is 22.2 Å². The van der Waals surface area contributed by atoms with Gasteiger partial charge in [0.1, 0.15) is 29.3 Å². The Kier molecular flexibility index (Phi) is 7.05. The monoisotopic (exact) mass is 566 g/mol. The summed E-state index contributed by atoms with van der Waals surface area (Å²) in [5.41, 5.74) is 6.04. The zero-order chi connectivity index (χ0) is 29.4. The smallest absolute Gasteiger partial charge is 0.410 e. The van der Waals surface area contributed by atoms with Crippen LogP contribution in [0.15, 0.2) is 55.4 Å². The number of anilines is 3. The topological polar surface area (TPSA) is 127 Å². The van der Waals surface area contributed by atoms with Crippen LogP contribution >= 0.6 is 0 Å². The number of rotatable bonds is 5. The molecule has 12 nitrogen and oxygen atoms in total. The van der Waals surface area contributed by atoms with Gasteiger partial charge in [-0.25, -0.2) is 34.2 Å². The highest BCUT2D eigenvalue weighted by molar-refractivity contribution is 5.87. The summed E-state index contributed by atoms with van der Waals surface area (Å²) in [4.78, 5) is 39.1. The van der Waals surface area contributed by atoms with Gasteiger partial charge in [0.15, 0.2) is 11.5 Å². The molecule has 1 aliphatic heterocycles. The second kappa shape index (κ2) is 10.8. The second-order valence-electron chi connectivity index (χ2n) is 11.6. The van der Waals surface area contributed by atoms with Crippen LogP contribution in [0.3, 0.4) is 0 Å². The van der Waals surface area contributed by atoms with Crippen molar-refractivity contribution in [1.29, 1.82) is 0 Å². The third kappa shape index (κ3) is 5.78. The number of hydrogen-bond acceptors (Lipinski definition) is 10. The van der Waals surface area contributed by atoms with Crippen LogP contribution in [-0.4, -0.2) is 76.8 Å². The first-order valence-electron chi connectivity index (χ1n) is 14.0. The summed E-state index contributed by atoms with van der Waals surface area (Å²) in [6, 6.07) is 10.4. The van der Waals surface area contributed by atoms with Crippen molar-refractivity contribution in [3.05, 3.63) is 72.1 Å². The Balaban J connectivity index is 1.19. The van der Waals surface area contributed by atoms with Crippen molar-refractivity contribution < 1.29 is 9.53 Å². The molecule has 6 rings (SSSR count). The van der Waals surface area contributed by atoms with Gasteiger partial charge in [-0.1, -0.05) is 6.07 Å². The molecule has 12 heteroatoms. The van der Waals surface area contributed by atoms with Crippen LogP contribution in [0, 0.1) is 6.92 Å². The van der Waals surface area contributed by atoms with E-state index in [1.165, 1.54) is 17.5 Å². The van der Waals surface area contributed by atoms with Crippen molar-refractivity contribution in [2.24, 2.45) is 0 Å². The number of aryl methyl sites for hydroxylation is 1. The fraction of sp³-hybridized carbons (Fsp3) is 0.367. The highest BCUT2D eigenvalue weighted by atomic mass is 16.6. The predicted molar refractivity (Wildman–Crippen MR) is 160 cm³/mol. The Morgan fingerprint density at radius 3 is 2.71 bits per heavy atom. The number of nitrogens with one attached hydrogen (secondary N) is 1. The van der Waals surface area contributed by atoms with Gasteiger partial charge >= 0.3 is 6.09 Å². The van der Waals surface area contributed by atoms with E-state index in [-0.39, 0.29) is 12.1 Å². The lowest BCUT2D eigenvalue weighted by atomic mass is 10.0. The average molecular weight is 567 g/mol. The maximum Gasteiger partial charge on any atom is 0.410 e. The number of nitrogens with zero attached hydrogens (tertiary/aromatic N) is 9. The maximum absolute atomic E-state index is 12.6. The standard InChI is InChI=1S/C30H34N10O2/c1-19-12-23(7-6-22(19)13-21-8-9-40-25(14-21)33-18-35-40)36-27-26-24(32-17-34-27)15-31-28(37-26)39-11-10-38(16-20(39)2)29(41)42-30(3,4)5/h6-9,12,14-15,17-18,20H,10-11,13,16H2,1-5H3,(H,32,34,36)/t20-/m0/s1. The molecular formula is C30H34N10O2. The van der Waals surface area contributed by atoms with Gasteiger partial charge in [-0.3, -0.25) is 0 Å². The van der Waals surface area contributed by atoms with Crippen LogP contribution in [0.5, 0.6) is 0 Å². The number of ether oxygens (including phenoxy) is 1. The fourth-order valence-electron chi connectivity index (χ4n) is 5.12. The Morgan fingerprint density at radius 2 is 1.93 bits per heavy atom. The molecule has 0 bridgehead atoms. The van der Waals surface area contributed by atoms with Crippen LogP contribution in [0.1, 0.15) is 44.4 Å². The Hall–Kier alpha value is -4.87. The van der Waals surface area contributed by atoms with Gasteiger partial charge < -0.3 is 19.9 Å². The Labute approximate surface area is 243 Å². The molecule has 0 radical (unpaired) electrons. The molecule has 4 aromatic heterocycles. The average Bonchev–Trinajstić information content (AvgIpc) is 3.42. The third-order valence-corrected chi connectivity index (χ3v) is 7.25. The number of carbonyl (C=O) groups is 1. The molecule has 1 amide bonds. The lowest BCUT2D eigenvalue weighted by Crippen LogP contribution is -2.55. The van der Waals surface area contributed by atoms with Gasteiger partial charge in [0.2, 0.25) is 5.95 Å². The summed E-state index contributed by atoms with van der Waals surface area (Å²) in [7, 11) is 0. The van der Waals surface area contributed by atoms with Crippen LogP contribution < -0.4 is 10.2 Å². The normalized spacial score (nSPS) is 15.8. The number of pyridine rings is 1. The molecule has 1 aromatic carbocycles. The van der Waals surface area contributed by atoms with E-state index in [1.54, 1.807) is 21.9 Å². The van der Waals surface area contributed by atoms with Gasteiger partial charge in [-0.15, -0.1) is 0 Å². The summed E-state index contributed by atoms with van der Waals surface area (Å²) in [5.74, 6) is 1.18. The first-order valence-corrected chi connectivity index (χ1v) is 14.0. The van der Waals surface area contributed by atoms with Crippen molar-refractivity contribution in [2.75, 3.05) is 29.9 Å². The van der Waals surface area contributed by atoms with E-state index in [9.17, 15) is 4.79 Å². The second-order valence-corrected chi connectivity index (χ2v) is 11.6. The lowest BCUT2D eigenvalue weighted by molar-refractivity contribution is 0.0218. The lowest BCUT2D eigenvalue weighted by Gasteiger charge is -2.40. The van der Waals surface area contributed by atoms with Gasteiger partial charge in [0, 0.05) is 37.6 Å². The number of benzene rings is 1. The largest absolute Gasteiger partial charge is 0.444 e. The molecule has 5 heterocycles. The van der Waals surface area contributed by atoms with Crippen LogP contribution in [0.25, 0.3) is 16.7 Å². The molecule has 42 heavy (non-hydrogen) atoms. The molecule has 0 unspecified atom stereocenters. The number of amides is 1. The molecule has 1 atom stereocenters. The molecule has 0 saturated carbocycles. The molecular weight excluding hydrogens is 532 g/mol. The molecule has 0 spiro atoms. The van der Waals surface area contributed by atoms with Gasteiger partial charge in [-0.05, 0) is 82.0 Å². The summed E-state index contributed by atoms with van der Waals surface area (Å²) in [6.45, 7) is 11.4. The van der Waals surface area contributed by atoms with E-state index in [1.807, 2.05) is 33.0 Å². The summed E-state index contributed by atoms with van der Waals surface area (Å²) >= 11 is 0. The highest BCUT2D eigenvalue weighted by Crippen LogP contribution is 2.26. The van der Waals surface area contributed by atoms with Crippen molar-refractivity contribution in [1.82, 2.24) is 39.4 Å². The Bertz CT molecular complexity index is 1760. The molecule has 1 aliphatic rings. The maximum atomic E-state index is 12.6. The molecule has 1 saturated heterocycles. The number of fused-ring (bicyclic) bond motifs is 2. The van der Waals surface area contributed by atoms with Gasteiger partial charge in [0.25, 0.3) is 0 Å². The minimum absolute atomic E-state index is 0.00501. The molecule has 216 valence electrons. The number of carbonyl (C=O) groups excluding carboxylic acids is 1. The Morgan fingerprint density at radius 1 is 1.07 bits per heavy atom. The minimum Gasteiger partial charge on any atom is -0.444 e. The zero-order valence-electron chi connectivity index (χ0n) is 24.4. The van der Waals surface area contributed by atoms with Gasteiger partial charge in [-0.2, -0.15) is 5.10 Å². The van der Waals surface area contributed by atoms with E-state index < -0.39 is 5.60 Å². The van der Waals surface area contributed by atoms with E-state index >= 15 is 0 Å². The van der Waals surface area contributed by atoms with Crippen molar-refractivity contribution in [2.45, 2.75) is 52.7 Å². The quantitative estimate of drug-likeness (QED) is 0.324. The van der Waals surface area contributed by atoms with E-state index in [0.29, 0.717) is 42.4 Å². The van der Waals surface area contributed by atoms with E-state index in [4.69, 9.17) is 9.72 Å². The number of aromatic nitrogens is 7. The minimum atomic E-state index is -0.533. The summed E-state index contributed by atoms with van der Waals surface area (Å²) < 4.78 is 7.32. The van der Waals surface area contributed by atoms with Crippen LogP contribution in [-0.2, 0) is 11.2 Å².